The molecule has 0 bridgehead atoms. The molecule has 0 heterocycles. The van der Waals surface area contributed by atoms with E-state index < -0.39 is 15.5 Å². The van der Waals surface area contributed by atoms with Crippen molar-refractivity contribution in [3.8, 4) is 0 Å². The van der Waals surface area contributed by atoms with Gasteiger partial charge in [-0.3, -0.25) is 14.1 Å². The van der Waals surface area contributed by atoms with Crippen LogP contribution >= 0.6 is 0 Å². The van der Waals surface area contributed by atoms with Crippen molar-refractivity contribution in [2.75, 3.05) is 5.75 Å². The van der Waals surface area contributed by atoms with E-state index in [1.165, 1.54) is 0 Å². The Morgan fingerprint density at radius 2 is 1.59 bits per heavy atom. The minimum atomic E-state index is -3.96. The van der Waals surface area contributed by atoms with Crippen LogP contribution in [0.15, 0.2) is 0 Å². The van der Waals surface area contributed by atoms with Gasteiger partial charge in [0.1, 0.15) is 11.6 Å². The molecule has 2 rings (SSSR count). The molecule has 2 aliphatic rings. The highest BCUT2D eigenvalue weighted by Crippen LogP contribution is 2.45. The minimum Gasteiger partial charge on any atom is -0.299 e. The molecule has 0 aromatic rings. The maximum Gasteiger partial charge on any atom is 0.265 e. The molecule has 96 valence electrons. The summed E-state index contributed by atoms with van der Waals surface area (Å²) in [5, 5.41) is 0. The molecule has 1 N–H and O–H groups in total. The van der Waals surface area contributed by atoms with E-state index in [0.717, 1.165) is 0 Å². The van der Waals surface area contributed by atoms with Gasteiger partial charge in [0.25, 0.3) is 10.1 Å². The average molecular weight is 260 g/mol. The molecule has 5 nitrogen and oxygen atoms in total. The largest absolute Gasteiger partial charge is 0.299 e. The minimum absolute atomic E-state index is 0.0211. The van der Waals surface area contributed by atoms with Crippen molar-refractivity contribution in [1.29, 1.82) is 0 Å². The molecule has 2 saturated carbocycles. The Balaban J connectivity index is 2.03. The van der Waals surface area contributed by atoms with Crippen LogP contribution < -0.4 is 0 Å². The predicted octanol–water partition coefficient (Wildman–Crippen LogP) is 0.983. The summed E-state index contributed by atoms with van der Waals surface area (Å²) >= 11 is 0. The lowest BCUT2D eigenvalue weighted by molar-refractivity contribution is -0.137. The maximum absolute atomic E-state index is 11.8. The van der Waals surface area contributed by atoms with Crippen LogP contribution in [0, 0.1) is 11.3 Å². The van der Waals surface area contributed by atoms with Crippen LogP contribution in [-0.4, -0.2) is 30.3 Å². The third kappa shape index (κ3) is 2.42. The van der Waals surface area contributed by atoms with Gasteiger partial charge in [0.15, 0.2) is 0 Å². The van der Waals surface area contributed by atoms with Crippen LogP contribution in [0.25, 0.3) is 0 Å². The van der Waals surface area contributed by atoms with Crippen LogP contribution in [0.1, 0.15) is 38.5 Å². The molecule has 0 atom stereocenters. The molecular weight excluding hydrogens is 244 g/mol. The summed E-state index contributed by atoms with van der Waals surface area (Å²) in [5.41, 5.74) is -0.810. The SMILES string of the molecule is O=C1CCC(=O)C12CCC(CS(=O)(=O)O)CC2. The number of carbonyl (C=O) groups is 2. The normalized spacial score (nSPS) is 25.7. The van der Waals surface area contributed by atoms with Gasteiger partial charge in [-0.05, 0) is 31.6 Å². The Bertz CT molecular complexity index is 424. The highest BCUT2D eigenvalue weighted by atomic mass is 32.2. The van der Waals surface area contributed by atoms with Crippen molar-refractivity contribution in [3.05, 3.63) is 0 Å². The van der Waals surface area contributed by atoms with Gasteiger partial charge < -0.3 is 0 Å². The lowest BCUT2D eigenvalue weighted by Gasteiger charge is -2.34. The van der Waals surface area contributed by atoms with Crippen LogP contribution in [-0.2, 0) is 19.7 Å². The molecule has 2 aliphatic carbocycles. The van der Waals surface area contributed by atoms with Gasteiger partial charge >= 0.3 is 0 Å². The van der Waals surface area contributed by atoms with E-state index in [2.05, 4.69) is 0 Å². The number of hydrogen-bond acceptors (Lipinski definition) is 4. The first-order valence-corrected chi connectivity index (χ1v) is 7.46. The third-order valence-corrected chi connectivity index (χ3v) is 4.94. The van der Waals surface area contributed by atoms with E-state index in [0.29, 0.717) is 38.5 Å². The van der Waals surface area contributed by atoms with Gasteiger partial charge in [-0.15, -0.1) is 0 Å². The Labute approximate surface area is 100 Å². The van der Waals surface area contributed by atoms with E-state index in [4.69, 9.17) is 4.55 Å². The smallest absolute Gasteiger partial charge is 0.265 e. The molecule has 0 radical (unpaired) electrons. The summed E-state index contributed by atoms with van der Waals surface area (Å²) in [5.74, 6) is -0.344. The zero-order valence-corrected chi connectivity index (χ0v) is 10.3. The van der Waals surface area contributed by atoms with E-state index in [1.807, 2.05) is 0 Å². The standard InChI is InChI=1S/C11H16O5S/c12-9-1-2-10(13)11(9)5-3-8(4-6-11)7-17(14,15)16/h8H,1-7H2,(H,14,15,16). The number of ketones is 2. The molecule has 6 heteroatoms. The lowest BCUT2D eigenvalue weighted by Crippen LogP contribution is -2.38. The average Bonchev–Trinajstić information content (AvgIpc) is 2.48. The highest BCUT2D eigenvalue weighted by molar-refractivity contribution is 7.85. The molecule has 0 aliphatic heterocycles. The fraction of sp³-hybridized carbons (Fsp3) is 0.818. The van der Waals surface area contributed by atoms with Crippen LogP contribution in [0.4, 0.5) is 0 Å². The van der Waals surface area contributed by atoms with Gasteiger partial charge in [0.05, 0.1) is 11.2 Å². The molecule has 1 spiro atoms. The zero-order valence-electron chi connectivity index (χ0n) is 9.52. The second-order valence-corrected chi connectivity index (χ2v) is 6.62. The third-order valence-electron chi connectivity index (χ3n) is 4.05. The van der Waals surface area contributed by atoms with Gasteiger partial charge in [0, 0.05) is 12.8 Å². The van der Waals surface area contributed by atoms with Gasteiger partial charge in [-0.1, -0.05) is 0 Å². The molecule has 2 fully saturated rings. The molecule has 0 amide bonds. The number of Topliss-reactive ketones (excluding diaryl/α,β-unsaturated/α-hetero) is 2. The van der Waals surface area contributed by atoms with E-state index in [1.54, 1.807) is 0 Å². The van der Waals surface area contributed by atoms with Gasteiger partial charge in [0.2, 0.25) is 0 Å². The molecule has 0 aromatic heterocycles. The summed E-state index contributed by atoms with van der Waals surface area (Å²) in [7, 11) is -3.96. The highest BCUT2D eigenvalue weighted by Gasteiger charge is 2.50. The van der Waals surface area contributed by atoms with Gasteiger partial charge in [-0.25, -0.2) is 0 Å². The molecule has 17 heavy (non-hydrogen) atoms. The van der Waals surface area contributed by atoms with Crippen molar-refractivity contribution in [2.45, 2.75) is 38.5 Å². The summed E-state index contributed by atoms with van der Waals surface area (Å²) < 4.78 is 30.3. The van der Waals surface area contributed by atoms with Crippen LogP contribution in [0.3, 0.4) is 0 Å². The second-order valence-electron chi connectivity index (χ2n) is 5.12. The van der Waals surface area contributed by atoms with Gasteiger partial charge in [-0.2, -0.15) is 8.42 Å². The number of hydrogen-bond donors (Lipinski definition) is 1. The first-order valence-electron chi connectivity index (χ1n) is 5.85. The summed E-state index contributed by atoms with van der Waals surface area (Å²) in [6.07, 6.45) is 2.62. The zero-order chi connectivity index (χ0) is 12.7. The van der Waals surface area contributed by atoms with Crippen molar-refractivity contribution >= 4 is 21.7 Å². The summed E-state index contributed by atoms with van der Waals surface area (Å²) in [6.45, 7) is 0. The Kier molecular flexibility index (Phi) is 3.12. The quantitative estimate of drug-likeness (QED) is 0.590. The molecule has 0 unspecified atom stereocenters. The van der Waals surface area contributed by atoms with Crippen molar-refractivity contribution < 1.29 is 22.6 Å². The van der Waals surface area contributed by atoms with Crippen LogP contribution in [0.2, 0.25) is 0 Å². The lowest BCUT2D eigenvalue weighted by atomic mass is 9.69. The summed E-state index contributed by atoms with van der Waals surface area (Å²) in [6, 6.07) is 0. The predicted molar refractivity (Wildman–Crippen MR) is 60.1 cm³/mol. The fourth-order valence-corrected chi connectivity index (χ4v) is 3.98. The number of rotatable bonds is 2. The monoisotopic (exact) mass is 260 g/mol. The number of carbonyl (C=O) groups excluding carboxylic acids is 2. The Morgan fingerprint density at radius 1 is 1.12 bits per heavy atom. The van der Waals surface area contributed by atoms with Crippen molar-refractivity contribution in [2.24, 2.45) is 11.3 Å². The fourth-order valence-electron chi connectivity index (χ4n) is 3.05. The molecular formula is C11H16O5S. The van der Waals surface area contributed by atoms with E-state index in [9.17, 15) is 18.0 Å². The Hall–Kier alpha value is -0.750. The summed E-state index contributed by atoms with van der Waals surface area (Å²) in [4.78, 5) is 23.5. The van der Waals surface area contributed by atoms with Crippen LogP contribution in [0.5, 0.6) is 0 Å². The Morgan fingerprint density at radius 3 is 2.00 bits per heavy atom. The van der Waals surface area contributed by atoms with Crippen molar-refractivity contribution in [3.63, 3.8) is 0 Å². The topological polar surface area (TPSA) is 88.5 Å². The first-order chi connectivity index (χ1) is 7.83. The van der Waals surface area contributed by atoms with Crippen molar-refractivity contribution in [1.82, 2.24) is 0 Å². The molecule has 0 aromatic carbocycles. The molecule has 0 saturated heterocycles. The maximum atomic E-state index is 11.8. The van der Waals surface area contributed by atoms with E-state index in [-0.39, 0.29) is 23.2 Å². The second kappa shape index (κ2) is 4.17. The van der Waals surface area contributed by atoms with E-state index >= 15 is 0 Å². The first kappa shape index (κ1) is 12.7.